The Morgan fingerprint density at radius 1 is 1.28 bits per heavy atom. The van der Waals surface area contributed by atoms with Crippen LogP contribution in [0.2, 0.25) is 0 Å². The SMILES string of the molecule is COCCNCc1ccc(OCCC(C)C)cn1. The molecule has 0 atom stereocenters. The van der Waals surface area contributed by atoms with Gasteiger partial charge in [0, 0.05) is 20.2 Å². The highest BCUT2D eigenvalue weighted by molar-refractivity contribution is 5.19. The van der Waals surface area contributed by atoms with E-state index in [-0.39, 0.29) is 0 Å². The summed E-state index contributed by atoms with van der Waals surface area (Å²) in [7, 11) is 1.70. The lowest BCUT2D eigenvalue weighted by molar-refractivity contribution is 0.199. The molecule has 1 heterocycles. The number of ether oxygens (including phenoxy) is 2. The minimum absolute atomic E-state index is 0.669. The Labute approximate surface area is 110 Å². The minimum Gasteiger partial charge on any atom is -0.492 e. The van der Waals surface area contributed by atoms with Crippen molar-refractivity contribution in [2.24, 2.45) is 5.92 Å². The lowest BCUT2D eigenvalue weighted by Gasteiger charge is -2.08. The summed E-state index contributed by atoms with van der Waals surface area (Å²) in [6, 6.07) is 3.96. The third kappa shape index (κ3) is 6.57. The normalized spacial score (nSPS) is 10.9. The second-order valence-electron chi connectivity index (χ2n) is 4.69. The molecule has 4 heteroatoms. The maximum atomic E-state index is 5.61. The van der Waals surface area contributed by atoms with E-state index in [2.05, 4.69) is 24.1 Å². The molecule has 0 amide bonds. The van der Waals surface area contributed by atoms with Crippen molar-refractivity contribution in [3.8, 4) is 5.75 Å². The first-order valence-corrected chi connectivity index (χ1v) is 6.49. The standard InChI is InChI=1S/C14H24N2O2/c1-12(2)6-8-18-14-5-4-13(16-11-14)10-15-7-9-17-3/h4-5,11-12,15H,6-10H2,1-3H3. The van der Waals surface area contributed by atoms with Gasteiger partial charge in [0.1, 0.15) is 5.75 Å². The Kier molecular flexibility index (Phi) is 7.37. The fraction of sp³-hybridized carbons (Fsp3) is 0.643. The zero-order chi connectivity index (χ0) is 13.2. The maximum absolute atomic E-state index is 5.61. The summed E-state index contributed by atoms with van der Waals surface area (Å²) < 4.78 is 10.6. The van der Waals surface area contributed by atoms with E-state index in [0.717, 1.165) is 44.2 Å². The van der Waals surface area contributed by atoms with Crippen molar-refractivity contribution in [3.63, 3.8) is 0 Å². The van der Waals surface area contributed by atoms with Crippen molar-refractivity contribution >= 4 is 0 Å². The van der Waals surface area contributed by atoms with Crippen molar-refractivity contribution in [1.29, 1.82) is 0 Å². The smallest absolute Gasteiger partial charge is 0.137 e. The van der Waals surface area contributed by atoms with Crippen molar-refractivity contribution < 1.29 is 9.47 Å². The topological polar surface area (TPSA) is 43.4 Å². The van der Waals surface area contributed by atoms with Crippen LogP contribution in [0.25, 0.3) is 0 Å². The number of aromatic nitrogens is 1. The van der Waals surface area contributed by atoms with E-state index in [1.54, 1.807) is 13.3 Å². The molecule has 0 saturated carbocycles. The third-order valence-corrected chi connectivity index (χ3v) is 2.55. The molecule has 1 rings (SSSR count). The van der Waals surface area contributed by atoms with Gasteiger partial charge in [0.25, 0.3) is 0 Å². The molecule has 4 nitrogen and oxygen atoms in total. The first-order chi connectivity index (χ1) is 8.72. The molecule has 18 heavy (non-hydrogen) atoms. The Hall–Kier alpha value is -1.13. The minimum atomic E-state index is 0.669. The van der Waals surface area contributed by atoms with Gasteiger partial charge in [-0.1, -0.05) is 13.8 Å². The van der Waals surface area contributed by atoms with Crippen LogP contribution in [0.5, 0.6) is 5.75 Å². The highest BCUT2D eigenvalue weighted by Gasteiger charge is 1.98. The molecule has 0 unspecified atom stereocenters. The van der Waals surface area contributed by atoms with E-state index in [0.29, 0.717) is 5.92 Å². The summed E-state index contributed by atoms with van der Waals surface area (Å²) in [5.74, 6) is 1.51. The van der Waals surface area contributed by atoms with Crippen LogP contribution in [-0.4, -0.2) is 31.9 Å². The number of hydrogen-bond acceptors (Lipinski definition) is 4. The Morgan fingerprint density at radius 2 is 2.11 bits per heavy atom. The molecule has 0 fully saturated rings. The summed E-state index contributed by atoms with van der Waals surface area (Å²) in [6.07, 6.45) is 2.86. The molecule has 0 aliphatic carbocycles. The fourth-order valence-electron chi connectivity index (χ4n) is 1.40. The third-order valence-electron chi connectivity index (χ3n) is 2.55. The van der Waals surface area contributed by atoms with E-state index >= 15 is 0 Å². The molecule has 1 N–H and O–H groups in total. The van der Waals surface area contributed by atoms with Crippen molar-refractivity contribution in [2.45, 2.75) is 26.8 Å². The average Bonchev–Trinajstić information content (AvgIpc) is 2.36. The van der Waals surface area contributed by atoms with Gasteiger partial charge < -0.3 is 14.8 Å². The van der Waals surface area contributed by atoms with Gasteiger partial charge in [-0.2, -0.15) is 0 Å². The first-order valence-electron chi connectivity index (χ1n) is 6.49. The van der Waals surface area contributed by atoms with E-state index in [4.69, 9.17) is 9.47 Å². The molecule has 0 saturated heterocycles. The molecule has 0 aromatic carbocycles. The molecule has 0 radical (unpaired) electrons. The van der Waals surface area contributed by atoms with E-state index in [9.17, 15) is 0 Å². The zero-order valence-electron chi connectivity index (χ0n) is 11.6. The van der Waals surface area contributed by atoms with Crippen LogP contribution < -0.4 is 10.1 Å². The highest BCUT2D eigenvalue weighted by Crippen LogP contribution is 2.10. The number of hydrogen-bond donors (Lipinski definition) is 1. The zero-order valence-corrected chi connectivity index (χ0v) is 11.6. The van der Waals surface area contributed by atoms with Crippen molar-refractivity contribution in [1.82, 2.24) is 10.3 Å². The van der Waals surface area contributed by atoms with Crippen molar-refractivity contribution in [2.75, 3.05) is 26.9 Å². The van der Waals surface area contributed by atoms with Gasteiger partial charge in [-0.15, -0.1) is 0 Å². The Bertz CT molecular complexity index is 312. The summed E-state index contributed by atoms with van der Waals surface area (Å²) in [5, 5.41) is 3.25. The largest absolute Gasteiger partial charge is 0.492 e. The van der Waals surface area contributed by atoms with Gasteiger partial charge in [-0.3, -0.25) is 4.98 Å². The monoisotopic (exact) mass is 252 g/mol. The molecule has 0 aliphatic heterocycles. The van der Waals surface area contributed by atoms with Gasteiger partial charge in [0.05, 0.1) is 25.1 Å². The van der Waals surface area contributed by atoms with Crippen LogP contribution in [0.15, 0.2) is 18.3 Å². The summed E-state index contributed by atoms with van der Waals surface area (Å²) in [5.41, 5.74) is 1.02. The Morgan fingerprint density at radius 3 is 2.72 bits per heavy atom. The van der Waals surface area contributed by atoms with Gasteiger partial charge in [-0.25, -0.2) is 0 Å². The van der Waals surface area contributed by atoms with Crippen molar-refractivity contribution in [3.05, 3.63) is 24.0 Å². The number of nitrogens with one attached hydrogen (secondary N) is 1. The molecular weight excluding hydrogens is 228 g/mol. The summed E-state index contributed by atoms with van der Waals surface area (Å²) >= 11 is 0. The van der Waals surface area contributed by atoms with Gasteiger partial charge in [0.15, 0.2) is 0 Å². The maximum Gasteiger partial charge on any atom is 0.137 e. The van der Waals surface area contributed by atoms with Gasteiger partial charge >= 0.3 is 0 Å². The fourth-order valence-corrected chi connectivity index (χ4v) is 1.40. The molecule has 0 bridgehead atoms. The number of pyridine rings is 1. The summed E-state index contributed by atoms with van der Waals surface area (Å²) in [4.78, 5) is 4.35. The molecule has 0 aliphatic rings. The lowest BCUT2D eigenvalue weighted by atomic mass is 10.1. The quantitative estimate of drug-likeness (QED) is 0.685. The van der Waals surface area contributed by atoms with Gasteiger partial charge in [-0.05, 0) is 24.5 Å². The van der Waals surface area contributed by atoms with Crippen LogP contribution >= 0.6 is 0 Å². The second kappa shape index (κ2) is 8.89. The van der Waals surface area contributed by atoms with Crippen LogP contribution in [-0.2, 0) is 11.3 Å². The van der Waals surface area contributed by atoms with E-state index in [1.165, 1.54) is 0 Å². The number of nitrogens with zero attached hydrogens (tertiary/aromatic N) is 1. The average molecular weight is 252 g/mol. The predicted molar refractivity (Wildman–Crippen MR) is 72.8 cm³/mol. The van der Waals surface area contributed by atoms with Crippen LogP contribution in [0, 0.1) is 5.92 Å². The molecule has 102 valence electrons. The lowest BCUT2D eigenvalue weighted by Crippen LogP contribution is -2.19. The molecule has 0 spiro atoms. The van der Waals surface area contributed by atoms with Crippen LogP contribution in [0.1, 0.15) is 26.0 Å². The van der Waals surface area contributed by atoms with Crippen LogP contribution in [0.3, 0.4) is 0 Å². The summed E-state index contributed by atoms with van der Waals surface area (Å²) in [6.45, 7) is 7.45. The molecule has 1 aromatic rings. The predicted octanol–water partition coefficient (Wildman–Crippen LogP) is 2.24. The highest BCUT2D eigenvalue weighted by atomic mass is 16.5. The molecule has 1 aromatic heterocycles. The Balaban J connectivity index is 2.24. The molecular formula is C14H24N2O2. The second-order valence-corrected chi connectivity index (χ2v) is 4.69. The first kappa shape index (κ1) is 14.9. The number of methoxy groups -OCH3 is 1. The number of rotatable bonds is 9. The van der Waals surface area contributed by atoms with E-state index in [1.807, 2.05) is 12.1 Å². The van der Waals surface area contributed by atoms with Crippen LogP contribution in [0.4, 0.5) is 0 Å². The van der Waals surface area contributed by atoms with Gasteiger partial charge in [0.2, 0.25) is 0 Å². The van der Waals surface area contributed by atoms with E-state index < -0.39 is 0 Å².